The van der Waals surface area contributed by atoms with E-state index < -0.39 is 11.9 Å². The van der Waals surface area contributed by atoms with Gasteiger partial charge in [0.15, 0.2) is 0 Å². The summed E-state index contributed by atoms with van der Waals surface area (Å²) in [6.45, 7) is 3.96. The quantitative estimate of drug-likeness (QED) is 0.614. The number of benzene rings is 2. The lowest BCUT2D eigenvalue weighted by molar-refractivity contribution is -0.122. The maximum atomic E-state index is 12.5. The highest BCUT2D eigenvalue weighted by Crippen LogP contribution is 2.21. The van der Waals surface area contributed by atoms with Crippen molar-refractivity contribution in [3.8, 4) is 0 Å². The molecule has 0 fully saturated rings. The average Bonchev–Trinajstić information content (AvgIpc) is 2.59. The Bertz CT molecular complexity index is 767. The van der Waals surface area contributed by atoms with Crippen molar-refractivity contribution >= 4 is 40.7 Å². The molecule has 26 heavy (non-hydrogen) atoms. The Balaban J connectivity index is 2.05. The number of hydrogen-bond acceptors (Lipinski definition) is 3. The molecule has 3 N–H and O–H groups in total. The molecule has 1 atom stereocenters. The van der Waals surface area contributed by atoms with Crippen LogP contribution in [0, 0.1) is 5.92 Å². The first-order valence-corrected chi connectivity index (χ1v) is 8.99. The van der Waals surface area contributed by atoms with Crippen molar-refractivity contribution < 1.29 is 9.59 Å². The molecular weight excluding hydrogens is 373 g/mol. The smallest absolute Gasteiger partial charge is 0.260 e. The lowest BCUT2D eigenvalue weighted by Gasteiger charge is -2.21. The fourth-order valence-corrected chi connectivity index (χ4v) is 2.85. The Morgan fingerprint density at radius 1 is 1.04 bits per heavy atom. The van der Waals surface area contributed by atoms with Crippen LogP contribution in [0.15, 0.2) is 48.5 Å². The van der Waals surface area contributed by atoms with E-state index in [4.69, 9.17) is 23.2 Å². The largest absolute Gasteiger partial charge is 0.340 e. The van der Waals surface area contributed by atoms with E-state index in [1.807, 2.05) is 44.2 Å². The second-order valence-electron chi connectivity index (χ2n) is 6.26. The van der Waals surface area contributed by atoms with Gasteiger partial charge < -0.3 is 5.32 Å². The van der Waals surface area contributed by atoms with Gasteiger partial charge in [0.25, 0.3) is 11.8 Å². The monoisotopic (exact) mass is 393 g/mol. The van der Waals surface area contributed by atoms with E-state index in [1.165, 1.54) is 12.1 Å². The van der Waals surface area contributed by atoms with Crippen LogP contribution < -0.4 is 16.2 Å². The molecule has 0 saturated carbocycles. The molecule has 0 aliphatic rings. The summed E-state index contributed by atoms with van der Waals surface area (Å²) in [5.41, 5.74) is 6.48. The van der Waals surface area contributed by atoms with Gasteiger partial charge in [-0.25, -0.2) is 0 Å². The third-order valence-electron chi connectivity index (χ3n) is 3.61. The molecule has 0 aromatic heterocycles. The molecule has 7 heteroatoms. The fraction of sp³-hybridized carbons (Fsp3) is 0.263. The van der Waals surface area contributed by atoms with Gasteiger partial charge in [-0.1, -0.05) is 55.2 Å². The summed E-state index contributed by atoms with van der Waals surface area (Å²) < 4.78 is 0. The van der Waals surface area contributed by atoms with Crippen LogP contribution in [0.1, 0.15) is 30.6 Å². The second kappa shape index (κ2) is 9.46. The Morgan fingerprint density at radius 2 is 1.73 bits per heavy atom. The zero-order chi connectivity index (χ0) is 19.1. The van der Waals surface area contributed by atoms with Gasteiger partial charge in [-0.2, -0.15) is 0 Å². The van der Waals surface area contributed by atoms with E-state index in [9.17, 15) is 9.59 Å². The molecule has 2 amide bonds. The highest BCUT2D eigenvalue weighted by molar-refractivity contribution is 6.36. The third-order valence-corrected chi connectivity index (χ3v) is 4.16. The number of nitrogens with one attached hydrogen (secondary N) is 3. The highest BCUT2D eigenvalue weighted by atomic mass is 35.5. The lowest BCUT2D eigenvalue weighted by Crippen LogP contribution is -2.49. The molecular formula is C19H21Cl2N3O2. The molecule has 0 heterocycles. The van der Waals surface area contributed by atoms with Crippen molar-refractivity contribution in [3.63, 3.8) is 0 Å². The van der Waals surface area contributed by atoms with Crippen molar-refractivity contribution in [3.05, 3.63) is 64.1 Å². The summed E-state index contributed by atoms with van der Waals surface area (Å²) in [5.74, 6) is -0.545. The minimum Gasteiger partial charge on any atom is -0.340 e. The molecule has 0 aliphatic heterocycles. The summed E-state index contributed by atoms with van der Waals surface area (Å²) in [5, 5.41) is 3.42. The molecule has 2 rings (SSSR count). The van der Waals surface area contributed by atoms with E-state index in [1.54, 1.807) is 6.07 Å². The minimum absolute atomic E-state index is 0.212. The van der Waals surface area contributed by atoms with Crippen LogP contribution in [-0.2, 0) is 4.79 Å². The first kappa shape index (κ1) is 20.1. The van der Waals surface area contributed by atoms with Gasteiger partial charge in [-0.3, -0.25) is 20.4 Å². The summed E-state index contributed by atoms with van der Waals surface area (Å²) in [4.78, 5) is 25.0. The second-order valence-corrected chi connectivity index (χ2v) is 7.10. The summed E-state index contributed by atoms with van der Waals surface area (Å²) >= 11 is 11.9. The van der Waals surface area contributed by atoms with Crippen molar-refractivity contribution in [1.29, 1.82) is 0 Å². The van der Waals surface area contributed by atoms with Crippen molar-refractivity contribution in [2.75, 3.05) is 5.43 Å². The summed E-state index contributed by atoms with van der Waals surface area (Å²) in [6, 6.07) is 13.1. The number of rotatable bonds is 7. The number of anilines is 1. The number of carbonyl (C=O) groups is 2. The summed E-state index contributed by atoms with van der Waals surface area (Å²) in [7, 11) is 0. The highest BCUT2D eigenvalue weighted by Gasteiger charge is 2.23. The Hall–Kier alpha value is -2.24. The Morgan fingerprint density at radius 3 is 2.35 bits per heavy atom. The van der Waals surface area contributed by atoms with E-state index in [2.05, 4.69) is 16.2 Å². The molecule has 138 valence electrons. The molecule has 0 aliphatic carbocycles. The van der Waals surface area contributed by atoms with E-state index in [-0.39, 0.29) is 22.4 Å². The topological polar surface area (TPSA) is 70.2 Å². The fourth-order valence-electron chi connectivity index (χ4n) is 2.35. The van der Waals surface area contributed by atoms with Gasteiger partial charge in [-0.05, 0) is 42.7 Å². The predicted octanol–water partition coefficient (Wildman–Crippen LogP) is 4.28. The molecule has 0 saturated heterocycles. The van der Waals surface area contributed by atoms with Gasteiger partial charge >= 0.3 is 0 Å². The van der Waals surface area contributed by atoms with Crippen molar-refractivity contribution in [2.45, 2.75) is 26.3 Å². The van der Waals surface area contributed by atoms with E-state index in [0.717, 1.165) is 5.69 Å². The first-order valence-electron chi connectivity index (χ1n) is 8.23. The van der Waals surface area contributed by atoms with Gasteiger partial charge in [0.05, 0.1) is 16.3 Å². The Kier molecular flexibility index (Phi) is 7.30. The molecule has 1 unspecified atom stereocenters. The Labute approximate surface area is 163 Å². The SMILES string of the molecule is CC(C)CC(NC(=O)c1ccc(Cl)cc1Cl)C(=O)NNc1ccccc1. The number of hydrogen-bond donors (Lipinski definition) is 3. The van der Waals surface area contributed by atoms with Crippen LogP contribution in [0.25, 0.3) is 0 Å². The number of carbonyl (C=O) groups excluding carboxylic acids is 2. The average molecular weight is 394 g/mol. The van der Waals surface area contributed by atoms with E-state index >= 15 is 0 Å². The first-order chi connectivity index (χ1) is 12.4. The van der Waals surface area contributed by atoms with Crippen LogP contribution in [0.2, 0.25) is 10.0 Å². The zero-order valence-corrected chi connectivity index (χ0v) is 16.1. The third kappa shape index (κ3) is 5.93. The van der Waals surface area contributed by atoms with Crippen molar-refractivity contribution in [1.82, 2.24) is 10.7 Å². The number of halogens is 2. The van der Waals surface area contributed by atoms with Crippen LogP contribution in [0.4, 0.5) is 5.69 Å². The standard InChI is InChI=1S/C19H21Cl2N3O2/c1-12(2)10-17(19(26)24-23-14-6-4-3-5-7-14)22-18(25)15-9-8-13(20)11-16(15)21/h3-9,11-12,17,23H,10H2,1-2H3,(H,22,25)(H,24,26). The van der Waals surface area contributed by atoms with E-state index in [0.29, 0.717) is 11.4 Å². The molecule has 2 aromatic carbocycles. The van der Waals surface area contributed by atoms with Crippen LogP contribution in [0.5, 0.6) is 0 Å². The zero-order valence-electron chi connectivity index (χ0n) is 14.6. The van der Waals surface area contributed by atoms with Crippen molar-refractivity contribution in [2.24, 2.45) is 5.92 Å². The molecule has 0 bridgehead atoms. The normalized spacial score (nSPS) is 11.7. The minimum atomic E-state index is -0.703. The van der Waals surface area contributed by atoms with Gasteiger partial charge in [0.2, 0.25) is 0 Å². The number of para-hydroxylation sites is 1. The lowest BCUT2D eigenvalue weighted by atomic mass is 10.0. The maximum Gasteiger partial charge on any atom is 0.260 e. The molecule has 0 spiro atoms. The maximum absolute atomic E-state index is 12.5. The number of amides is 2. The molecule has 2 aromatic rings. The van der Waals surface area contributed by atoms with Gasteiger partial charge in [-0.15, -0.1) is 0 Å². The van der Waals surface area contributed by atoms with Crippen LogP contribution in [-0.4, -0.2) is 17.9 Å². The van der Waals surface area contributed by atoms with Gasteiger partial charge in [0, 0.05) is 5.02 Å². The molecule has 5 nitrogen and oxygen atoms in total. The summed E-state index contributed by atoms with van der Waals surface area (Å²) in [6.07, 6.45) is 0.485. The predicted molar refractivity (Wildman–Crippen MR) is 105 cm³/mol. The number of hydrazine groups is 1. The van der Waals surface area contributed by atoms with Crippen LogP contribution >= 0.6 is 23.2 Å². The van der Waals surface area contributed by atoms with Crippen LogP contribution in [0.3, 0.4) is 0 Å². The molecule has 0 radical (unpaired) electrons. The van der Waals surface area contributed by atoms with Gasteiger partial charge in [0.1, 0.15) is 6.04 Å².